The molecule has 0 radical (unpaired) electrons. The molecule has 6 heteroatoms. The van der Waals surface area contributed by atoms with Gasteiger partial charge in [0, 0.05) is 42.0 Å². The monoisotopic (exact) mass is 344 g/mol. The molecule has 3 heterocycles. The summed E-state index contributed by atoms with van der Waals surface area (Å²) < 4.78 is 2.23. The number of amides is 1. The van der Waals surface area contributed by atoms with Crippen molar-refractivity contribution in [3.8, 4) is 0 Å². The first-order chi connectivity index (χ1) is 11.7. The van der Waals surface area contributed by atoms with Crippen LogP contribution in [0.4, 0.5) is 0 Å². The zero-order chi connectivity index (χ0) is 16.5. The Hall–Kier alpha value is -1.66. The average molecular weight is 344 g/mol. The van der Waals surface area contributed by atoms with E-state index in [1.807, 2.05) is 11.3 Å². The molecule has 0 atom stereocenters. The number of hydrogen-bond acceptors (Lipinski definition) is 4. The maximum Gasteiger partial charge on any atom is 0.220 e. The van der Waals surface area contributed by atoms with Crippen molar-refractivity contribution < 1.29 is 4.79 Å². The van der Waals surface area contributed by atoms with Gasteiger partial charge in [0.05, 0.1) is 18.8 Å². The highest BCUT2D eigenvalue weighted by Crippen LogP contribution is 2.32. The minimum absolute atomic E-state index is 0.165. The van der Waals surface area contributed by atoms with Gasteiger partial charge in [-0.15, -0.1) is 11.3 Å². The van der Waals surface area contributed by atoms with Crippen LogP contribution in [0.25, 0.3) is 0 Å². The molecule has 4 rings (SSSR count). The summed E-state index contributed by atoms with van der Waals surface area (Å²) in [5.41, 5.74) is 0.975. The number of aryl methyl sites for hydroxylation is 1. The molecule has 2 aromatic rings. The van der Waals surface area contributed by atoms with Gasteiger partial charge in [-0.25, -0.2) is 4.98 Å². The first-order valence-corrected chi connectivity index (χ1v) is 9.56. The summed E-state index contributed by atoms with van der Waals surface area (Å²) in [5, 5.41) is 3.01. The number of fused-ring (bicyclic) bond motifs is 1. The van der Waals surface area contributed by atoms with Crippen LogP contribution < -0.4 is 5.32 Å². The molecule has 1 saturated carbocycles. The quantitative estimate of drug-likeness (QED) is 0.876. The number of imidazole rings is 1. The highest BCUT2D eigenvalue weighted by molar-refractivity contribution is 7.11. The Morgan fingerprint density at radius 2 is 2.25 bits per heavy atom. The fourth-order valence-corrected chi connectivity index (χ4v) is 4.15. The van der Waals surface area contributed by atoms with Crippen molar-refractivity contribution in [2.75, 3.05) is 6.54 Å². The zero-order valence-corrected chi connectivity index (χ0v) is 14.9. The molecule has 2 aromatic heterocycles. The Bertz CT molecular complexity index is 731. The number of hydrogen-bond donors (Lipinski definition) is 1. The van der Waals surface area contributed by atoms with E-state index in [2.05, 4.69) is 40.0 Å². The van der Waals surface area contributed by atoms with Gasteiger partial charge in [0.25, 0.3) is 0 Å². The van der Waals surface area contributed by atoms with Crippen molar-refractivity contribution in [2.45, 2.75) is 52.4 Å². The third-order valence-corrected chi connectivity index (χ3v) is 5.73. The third-order valence-electron chi connectivity index (χ3n) is 4.74. The topological polar surface area (TPSA) is 50.2 Å². The van der Waals surface area contributed by atoms with Crippen molar-refractivity contribution in [1.29, 1.82) is 0 Å². The molecule has 0 spiro atoms. The minimum atomic E-state index is 0.165. The van der Waals surface area contributed by atoms with Gasteiger partial charge in [-0.1, -0.05) is 0 Å². The molecule has 0 aromatic carbocycles. The van der Waals surface area contributed by atoms with Crippen molar-refractivity contribution >= 4 is 17.2 Å². The summed E-state index contributed by atoms with van der Waals surface area (Å²) in [6.45, 7) is 6.61. The first kappa shape index (κ1) is 15.8. The van der Waals surface area contributed by atoms with E-state index in [1.54, 1.807) is 0 Å². The Balaban J connectivity index is 1.32. The Morgan fingerprint density at radius 3 is 3.00 bits per heavy atom. The lowest BCUT2D eigenvalue weighted by Gasteiger charge is -2.26. The van der Waals surface area contributed by atoms with E-state index in [-0.39, 0.29) is 5.91 Å². The maximum atomic E-state index is 11.8. The van der Waals surface area contributed by atoms with E-state index in [0.29, 0.717) is 18.9 Å². The Kier molecular flexibility index (Phi) is 4.41. The predicted octanol–water partition coefficient (Wildman–Crippen LogP) is 2.69. The van der Waals surface area contributed by atoms with Gasteiger partial charge in [0.2, 0.25) is 5.91 Å². The standard InChI is InChI=1S/C18H24N4OS/c1-13-2-5-16(24-13)11-21-6-7-22-10-15(20-17(22)12-21)9-19-18(23)8-14-3-4-14/h2,5,10,14H,3-4,6-9,11-12H2,1H3,(H,19,23). The van der Waals surface area contributed by atoms with Crippen molar-refractivity contribution in [2.24, 2.45) is 5.92 Å². The van der Waals surface area contributed by atoms with Crippen LogP contribution in [0, 0.1) is 12.8 Å². The summed E-state index contributed by atoms with van der Waals surface area (Å²) in [4.78, 5) is 21.8. The fraction of sp³-hybridized carbons (Fsp3) is 0.556. The van der Waals surface area contributed by atoms with Gasteiger partial charge in [-0.05, 0) is 37.8 Å². The van der Waals surface area contributed by atoms with Crippen LogP contribution in [0.1, 0.15) is 40.5 Å². The van der Waals surface area contributed by atoms with Crippen LogP contribution in [-0.2, 0) is 31.0 Å². The SMILES string of the molecule is Cc1ccc(CN2CCn3cc(CNC(=O)CC4CC4)nc3C2)s1. The van der Waals surface area contributed by atoms with E-state index in [4.69, 9.17) is 4.98 Å². The van der Waals surface area contributed by atoms with Crippen LogP contribution in [-0.4, -0.2) is 26.9 Å². The largest absolute Gasteiger partial charge is 0.350 e. The second kappa shape index (κ2) is 6.69. The molecule has 0 bridgehead atoms. The lowest BCUT2D eigenvalue weighted by Crippen LogP contribution is -2.32. The van der Waals surface area contributed by atoms with Crippen LogP contribution in [0.15, 0.2) is 18.3 Å². The van der Waals surface area contributed by atoms with E-state index >= 15 is 0 Å². The molecule has 1 aliphatic heterocycles. The number of nitrogens with zero attached hydrogens (tertiary/aromatic N) is 3. The molecule has 0 unspecified atom stereocenters. The van der Waals surface area contributed by atoms with Crippen molar-refractivity contribution in [3.05, 3.63) is 39.6 Å². The Morgan fingerprint density at radius 1 is 1.38 bits per heavy atom. The van der Waals surface area contributed by atoms with E-state index in [0.717, 1.165) is 37.7 Å². The van der Waals surface area contributed by atoms with Gasteiger partial charge < -0.3 is 9.88 Å². The zero-order valence-electron chi connectivity index (χ0n) is 14.1. The summed E-state index contributed by atoms with van der Waals surface area (Å²) in [5.74, 6) is 1.91. The molecular weight excluding hydrogens is 320 g/mol. The molecular formula is C18H24N4OS. The second-order valence-corrected chi connectivity index (χ2v) is 8.36. The fourth-order valence-electron chi connectivity index (χ4n) is 3.22. The molecule has 1 aliphatic carbocycles. The first-order valence-electron chi connectivity index (χ1n) is 8.75. The van der Waals surface area contributed by atoms with Crippen LogP contribution in [0.3, 0.4) is 0 Å². The highest BCUT2D eigenvalue weighted by Gasteiger charge is 2.24. The third kappa shape index (κ3) is 3.87. The molecule has 24 heavy (non-hydrogen) atoms. The summed E-state index contributed by atoms with van der Waals surface area (Å²) in [7, 11) is 0. The molecule has 0 saturated heterocycles. The Labute approximate surface area is 146 Å². The minimum Gasteiger partial charge on any atom is -0.350 e. The van der Waals surface area contributed by atoms with E-state index in [1.165, 1.54) is 22.6 Å². The smallest absolute Gasteiger partial charge is 0.220 e. The summed E-state index contributed by atoms with van der Waals surface area (Å²) >= 11 is 1.87. The molecule has 2 aliphatic rings. The molecule has 1 fully saturated rings. The number of thiophene rings is 1. The van der Waals surface area contributed by atoms with Crippen LogP contribution in [0.5, 0.6) is 0 Å². The number of carbonyl (C=O) groups is 1. The molecule has 1 N–H and O–H groups in total. The highest BCUT2D eigenvalue weighted by atomic mass is 32.1. The summed E-state index contributed by atoms with van der Waals surface area (Å²) in [6, 6.07) is 4.41. The predicted molar refractivity (Wildman–Crippen MR) is 94.6 cm³/mol. The van der Waals surface area contributed by atoms with E-state index < -0.39 is 0 Å². The normalized spacial score (nSPS) is 17.7. The van der Waals surface area contributed by atoms with Gasteiger partial charge in [-0.3, -0.25) is 9.69 Å². The average Bonchev–Trinajstić information content (AvgIpc) is 3.12. The number of nitrogens with one attached hydrogen (secondary N) is 1. The van der Waals surface area contributed by atoms with E-state index in [9.17, 15) is 4.79 Å². The van der Waals surface area contributed by atoms with Crippen LogP contribution in [0.2, 0.25) is 0 Å². The molecule has 1 amide bonds. The number of carbonyl (C=O) groups excluding carboxylic acids is 1. The van der Waals surface area contributed by atoms with Gasteiger partial charge in [-0.2, -0.15) is 0 Å². The second-order valence-electron chi connectivity index (χ2n) is 6.99. The van der Waals surface area contributed by atoms with Gasteiger partial charge in [0.1, 0.15) is 5.82 Å². The number of rotatable bonds is 6. The summed E-state index contributed by atoms with van der Waals surface area (Å²) in [6.07, 6.45) is 5.21. The lowest BCUT2D eigenvalue weighted by atomic mass is 10.3. The van der Waals surface area contributed by atoms with Gasteiger partial charge >= 0.3 is 0 Å². The van der Waals surface area contributed by atoms with Crippen molar-refractivity contribution in [3.63, 3.8) is 0 Å². The van der Waals surface area contributed by atoms with Crippen LogP contribution >= 0.6 is 11.3 Å². The molecule has 5 nitrogen and oxygen atoms in total. The number of aromatic nitrogens is 2. The van der Waals surface area contributed by atoms with Crippen molar-refractivity contribution in [1.82, 2.24) is 19.8 Å². The lowest BCUT2D eigenvalue weighted by molar-refractivity contribution is -0.121. The molecule has 128 valence electrons. The maximum absolute atomic E-state index is 11.8. The van der Waals surface area contributed by atoms with Gasteiger partial charge in [0.15, 0.2) is 0 Å².